The summed E-state index contributed by atoms with van der Waals surface area (Å²) in [6.45, 7) is 7.04. The fourth-order valence-electron chi connectivity index (χ4n) is 1.71. The van der Waals surface area contributed by atoms with Gasteiger partial charge in [0, 0.05) is 16.2 Å². The van der Waals surface area contributed by atoms with Crippen LogP contribution in [0.25, 0.3) is 0 Å². The van der Waals surface area contributed by atoms with Crippen LogP contribution in [0.15, 0.2) is 29.2 Å². The van der Waals surface area contributed by atoms with Gasteiger partial charge in [-0.1, -0.05) is 53.1 Å². The predicted octanol–water partition coefficient (Wildman–Crippen LogP) is 4.54. The second kappa shape index (κ2) is 7.34. The van der Waals surface area contributed by atoms with Crippen LogP contribution in [0.3, 0.4) is 0 Å². The molecule has 1 N–H and O–H groups in total. The highest BCUT2D eigenvalue weighted by atomic mass is 33.1. The van der Waals surface area contributed by atoms with Gasteiger partial charge in [0.2, 0.25) is 0 Å². The number of aliphatic hydroxyl groups is 1. The standard InChI is InChI=1S/C14H22OS2/c1-4-10-14(2,3)17-16-13-8-6-5-7-12(13)9-11-15/h5-8,15H,4,9-11H2,1-3H3. The van der Waals surface area contributed by atoms with Gasteiger partial charge in [0.1, 0.15) is 0 Å². The monoisotopic (exact) mass is 270 g/mol. The van der Waals surface area contributed by atoms with Crippen molar-refractivity contribution >= 4 is 21.6 Å². The van der Waals surface area contributed by atoms with Crippen molar-refractivity contribution in [3.05, 3.63) is 29.8 Å². The number of rotatable bonds is 7. The van der Waals surface area contributed by atoms with E-state index in [-0.39, 0.29) is 6.61 Å². The minimum Gasteiger partial charge on any atom is -0.396 e. The Labute approximate surface area is 113 Å². The molecule has 0 saturated carbocycles. The first-order valence-electron chi connectivity index (χ1n) is 6.13. The average Bonchev–Trinajstić information content (AvgIpc) is 2.28. The van der Waals surface area contributed by atoms with Gasteiger partial charge >= 0.3 is 0 Å². The Hall–Kier alpha value is -0.120. The molecule has 1 nitrogen and oxygen atoms in total. The summed E-state index contributed by atoms with van der Waals surface area (Å²) in [5, 5.41) is 9.04. The lowest BCUT2D eigenvalue weighted by atomic mass is 10.1. The molecule has 0 heterocycles. The lowest BCUT2D eigenvalue weighted by molar-refractivity contribution is 0.299. The molecule has 1 aromatic rings. The molecule has 0 fully saturated rings. The molecule has 96 valence electrons. The fourth-order valence-corrected chi connectivity index (χ4v) is 4.41. The first-order chi connectivity index (χ1) is 8.09. The van der Waals surface area contributed by atoms with Crippen molar-refractivity contribution < 1.29 is 5.11 Å². The van der Waals surface area contributed by atoms with E-state index in [1.54, 1.807) is 0 Å². The van der Waals surface area contributed by atoms with Crippen LogP contribution < -0.4 is 0 Å². The van der Waals surface area contributed by atoms with Crippen LogP contribution in [0.5, 0.6) is 0 Å². The fraction of sp³-hybridized carbons (Fsp3) is 0.571. The molecule has 0 unspecified atom stereocenters. The summed E-state index contributed by atoms with van der Waals surface area (Å²) < 4.78 is 0.311. The van der Waals surface area contributed by atoms with Crippen LogP contribution >= 0.6 is 21.6 Å². The molecule has 0 aromatic heterocycles. The summed E-state index contributed by atoms with van der Waals surface area (Å²) in [7, 11) is 3.77. The zero-order valence-corrected chi connectivity index (χ0v) is 12.5. The maximum atomic E-state index is 9.04. The highest BCUT2D eigenvalue weighted by Gasteiger charge is 2.18. The van der Waals surface area contributed by atoms with Gasteiger partial charge in [0.15, 0.2) is 0 Å². The van der Waals surface area contributed by atoms with Gasteiger partial charge in [-0.2, -0.15) is 0 Å². The molecule has 0 spiro atoms. The quantitative estimate of drug-likeness (QED) is 0.735. The van der Waals surface area contributed by atoms with E-state index in [1.807, 2.05) is 27.7 Å². The highest BCUT2D eigenvalue weighted by molar-refractivity contribution is 8.77. The smallest absolute Gasteiger partial charge is 0.0471 e. The minimum absolute atomic E-state index is 0.223. The normalized spacial score (nSPS) is 11.8. The Morgan fingerprint density at radius 1 is 1.24 bits per heavy atom. The third-order valence-electron chi connectivity index (χ3n) is 2.56. The average molecular weight is 270 g/mol. The summed E-state index contributed by atoms with van der Waals surface area (Å²) >= 11 is 0. The molecule has 0 atom stereocenters. The Morgan fingerprint density at radius 3 is 2.59 bits per heavy atom. The summed E-state index contributed by atoms with van der Waals surface area (Å²) in [5.74, 6) is 0. The van der Waals surface area contributed by atoms with Crippen LogP contribution in [-0.2, 0) is 6.42 Å². The lowest BCUT2D eigenvalue weighted by Gasteiger charge is -2.22. The highest BCUT2D eigenvalue weighted by Crippen LogP contribution is 2.44. The van der Waals surface area contributed by atoms with Gasteiger partial charge in [-0.15, -0.1) is 0 Å². The van der Waals surface area contributed by atoms with E-state index in [4.69, 9.17) is 5.11 Å². The van der Waals surface area contributed by atoms with E-state index in [0.29, 0.717) is 4.75 Å². The van der Waals surface area contributed by atoms with Crippen LogP contribution in [0.4, 0.5) is 0 Å². The lowest BCUT2D eigenvalue weighted by Crippen LogP contribution is -2.11. The van der Waals surface area contributed by atoms with Crippen LogP contribution in [0.1, 0.15) is 39.2 Å². The van der Waals surface area contributed by atoms with Crippen molar-refractivity contribution in [2.75, 3.05) is 6.61 Å². The summed E-state index contributed by atoms with van der Waals surface area (Å²) in [6.07, 6.45) is 3.20. The first-order valence-corrected chi connectivity index (χ1v) is 8.28. The van der Waals surface area contributed by atoms with Gasteiger partial charge in [0.05, 0.1) is 0 Å². The molecule has 1 aromatic carbocycles. The number of aliphatic hydroxyl groups excluding tert-OH is 1. The molecule has 0 bridgehead atoms. The Bertz CT molecular complexity index is 337. The molecule has 0 radical (unpaired) electrons. The topological polar surface area (TPSA) is 20.2 Å². The molecule has 0 aliphatic heterocycles. The summed E-state index contributed by atoms with van der Waals surface area (Å²) in [6, 6.07) is 8.35. The zero-order chi connectivity index (χ0) is 12.7. The van der Waals surface area contributed by atoms with E-state index < -0.39 is 0 Å². The van der Waals surface area contributed by atoms with E-state index in [2.05, 4.69) is 39.0 Å². The van der Waals surface area contributed by atoms with E-state index in [1.165, 1.54) is 23.3 Å². The van der Waals surface area contributed by atoms with Crippen LogP contribution in [0, 0.1) is 0 Å². The van der Waals surface area contributed by atoms with Crippen molar-refractivity contribution in [1.29, 1.82) is 0 Å². The molecular weight excluding hydrogens is 248 g/mol. The van der Waals surface area contributed by atoms with E-state index in [0.717, 1.165) is 6.42 Å². The third-order valence-corrected chi connectivity index (χ3v) is 6.02. The van der Waals surface area contributed by atoms with Gasteiger partial charge < -0.3 is 5.11 Å². The molecule has 0 aliphatic carbocycles. The van der Waals surface area contributed by atoms with Crippen molar-refractivity contribution in [1.82, 2.24) is 0 Å². The molecule has 0 saturated heterocycles. The zero-order valence-electron chi connectivity index (χ0n) is 10.9. The van der Waals surface area contributed by atoms with Gasteiger partial charge in [-0.3, -0.25) is 0 Å². The second-order valence-corrected chi connectivity index (χ2v) is 7.64. The van der Waals surface area contributed by atoms with Crippen molar-refractivity contribution in [2.45, 2.75) is 49.7 Å². The summed E-state index contributed by atoms with van der Waals surface area (Å²) in [4.78, 5) is 1.29. The van der Waals surface area contributed by atoms with E-state index in [9.17, 15) is 0 Å². The first kappa shape index (κ1) is 14.9. The maximum Gasteiger partial charge on any atom is 0.0471 e. The van der Waals surface area contributed by atoms with Gasteiger partial charge in [-0.05, 0) is 38.3 Å². The van der Waals surface area contributed by atoms with Crippen molar-refractivity contribution in [2.24, 2.45) is 0 Å². The van der Waals surface area contributed by atoms with Crippen molar-refractivity contribution in [3.8, 4) is 0 Å². The Balaban J connectivity index is 2.62. The summed E-state index contributed by atoms with van der Waals surface area (Å²) in [5.41, 5.74) is 1.25. The Kier molecular flexibility index (Phi) is 6.45. The van der Waals surface area contributed by atoms with Crippen LogP contribution in [0.2, 0.25) is 0 Å². The Morgan fingerprint density at radius 2 is 1.94 bits per heavy atom. The third kappa shape index (κ3) is 5.36. The van der Waals surface area contributed by atoms with Crippen LogP contribution in [-0.4, -0.2) is 16.5 Å². The van der Waals surface area contributed by atoms with Gasteiger partial charge in [0.25, 0.3) is 0 Å². The second-order valence-electron chi connectivity index (χ2n) is 4.76. The molecular formula is C14H22OS2. The number of hydrogen-bond donors (Lipinski definition) is 1. The maximum absolute atomic E-state index is 9.04. The predicted molar refractivity (Wildman–Crippen MR) is 79.7 cm³/mol. The minimum atomic E-state index is 0.223. The molecule has 0 amide bonds. The van der Waals surface area contributed by atoms with Crippen molar-refractivity contribution in [3.63, 3.8) is 0 Å². The van der Waals surface area contributed by atoms with E-state index >= 15 is 0 Å². The largest absolute Gasteiger partial charge is 0.396 e. The van der Waals surface area contributed by atoms with Gasteiger partial charge in [-0.25, -0.2) is 0 Å². The molecule has 0 aliphatic rings. The molecule has 17 heavy (non-hydrogen) atoms. The molecule has 3 heteroatoms. The number of hydrogen-bond acceptors (Lipinski definition) is 3. The SMILES string of the molecule is CCCC(C)(C)SSc1ccccc1CCO. The number of benzene rings is 1. The molecule has 1 rings (SSSR count).